The highest BCUT2D eigenvalue weighted by Crippen LogP contribution is 2.32. The molecule has 5 nitrogen and oxygen atoms in total. The maximum Gasteiger partial charge on any atom is 0.223 e. The van der Waals surface area contributed by atoms with E-state index in [9.17, 15) is 4.79 Å². The van der Waals surface area contributed by atoms with Crippen LogP contribution in [0.2, 0.25) is 0 Å². The highest BCUT2D eigenvalue weighted by Gasteiger charge is 2.29. The van der Waals surface area contributed by atoms with E-state index in [2.05, 4.69) is 9.97 Å². The molecule has 1 aliphatic rings. The average molecular weight is 347 g/mol. The van der Waals surface area contributed by atoms with E-state index in [-0.39, 0.29) is 11.9 Å². The van der Waals surface area contributed by atoms with Crippen molar-refractivity contribution < 1.29 is 9.21 Å². The van der Waals surface area contributed by atoms with Gasteiger partial charge in [0.05, 0.1) is 12.2 Å². The first-order valence-corrected chi connectivity index (χ1v) is 9.01. The fourth-order valence-electron chi connectivity index (χ4n) is 3.52. The molecule has 1 aromatic carbocycles. The molecule has 0 unspecified atom stereocenters. The van der Waals surface area contributed by atoms with Crippen molar-refractivity contribution in [3.05, 3.63) is 72.5 Å². The first-order chi connectivity index (χ1) is 12.8. The maximum absolute atomic E-state index is 12.7. The van der Waals surface area contributed by atoms with Crippen LogP contribution >= 0.6 is 0 Å². The molecular formula is C21H21N3O2. The van der Waals surface area contributed by atoms with Gasteiger partial charge in [0.1, 0.15) is 0 Å². The zero-order chi connectivity index (χ0) is 17.8. The Labute approximate surface area is 152 Å². The maximum atomic E-state index is 12.7. The van der Waals surface area contributed by atoms with E-state index in [1.54, 1.807) is 18.6 Å². The molecule has 3 aromatic rings. The smallest absolute Gasteiger partial charge is 0.223 e. The number of pyridine rings is 1. The molecule has 3 heterocycles. The molecule has 1 aliphatic heterocycles. The van der Waals surface area contributed by atoms with Crippen LogP contribution in [0.25, 0.3) is 11.3 Å². The molecule has 1 saturated heterocycles. The van der Waals surface area contributed by atoms with E-state index in [1.165, 1.54) is 0 Å². The number of nitrogens with zero attached hydrogens (tertiary/aromatic N) is 3. The van der Waals surface area contributed by atoms with E-state index in [0.717, 1.165) is 36.3 Å². The van der Waals surface area contributed by atoms with Gasteiger partial charge in [0.25, 0.3) is 0 Å². The van der Waals surface area contributed by atoms with Gasteiger partial charge in [0.2, 0.25) is 5.91 Å². The zero-order valence-corrected chi connectivity index (χ0v) is 14.5. The summed E-state index contributed by atoms with van der Waals surface area (Å²) in [5.41, 5.74) is 2.16. The quantitative estimate of drug-likeness (QED) is 0.699. The monoisotopic (exact) mass is 347 g/mol. The van der Waals surface area contributed by atoms with Crippen LogP contribution in [0.4, 0.5) is 0 Å². The Kier molecular flexibility index (Phi) is 4.78. The lowest BCUT2D eigenvalue weighted by Crippen LogP contribution is -2.30. The lowest BCUT2D eigenvalue weighted by atomic mass is 10.1. The topological polar surface area (TPSA) is 59.2 Å². The van der Waals surface area contributed by atoms with E-state index in [4.69, 9.17) is 4.42 Å². The summed E-state index contributed by atoms with van der Waals surface area (Å²) in [4.78, 5) is 23.1. The molecule has 0 spiro atoms. The van der Waals surface area contributed by atoms with E-state index in [1.807, 2.05) is 47.4 Å². The molecule has 5 heteroatoms. The molecule has 26 heavy (non-hydrogen) atoms. The number of amides is 1. The number of oxazole rings is 1. The molecule has 2 aromatic heterocycles. The molecule has 1 amide bonds. The second-order valence-corrected chi connectivity index (χ2v) is 6.51. The van der Waals surface area contributed by atoms with Crippen molar-refractivity contribution in [1.82, 2.24) is 14.9 Å². The summed E-state index contributed by atoms with van der Waals surface area (Å²) in [5.74, 6) is 1.50. The van der Waals surface area contributed by atoms with Crippen molar-refractivity contribution in [3.63, 3.8) is 0 Å². The van der Waals surface area contributed by atoms with Crippen LogP contribution < -0.4 is 0 Å². The van der Waals surface area contributed by atoms with Crippen molar-refractivity contribution in [2.45, 2.75) is 31.7 Å². The predicted molar refractivity (Wildman–Crippen MR) is 98.2 cm³/mol. The molecular weight excluding hydrogens is 326 g/mol. The van der Waals surface area contributed by atoms with Crippen molar-refractivity contribution in [1.29, 1.82) is 0 Å². The van der Waals surface area contributed by atoms with Crippen LogP contribution in [0.5, 0.6) is 0 Å². The van der Waals surface area contributed by atoms with Crippen LogP contribution in [0.15, 0.2) is 65.5 Å². The summed E-state index contributed by atoms with van der Waals surface area (Å²) >= 11 is 0. The minimum atomic E-state index is 0.156. The molecule has 1 fully saturated rings. The molecule has 0 N–H and O–H groups in total. The summed E-state index contributed by atoms with van der Waals surface area (Å²) in [6, 6.07) is 14.0. The predicted octanol–water partition coefficient (Wildman–Crippen LogP) is 4.03. The average Bonchev–Trinajstić information content (AvgIpc) is 3.37. The van der Waals surface area contributed by atoms with E-state index >= 15 is 0 Å². The Morgan fingerprint density at radius 1 is 1.15 bits per heavy atom. The number of benzene rings is 1. The fraction of sp³-hybridized carbons (Fsp3) is 0.286. The van der Waals surface area contributed by atoms with Gasteiger partial charge in [0.15, 0.2) is 11.7 Å². The Balaban J connectivity index is 1.39. The number of hydrogen-bond acceptors (Lipinski definition) is 4. The fourth-order valence-corrected chi connectivity index (χ4v) is 3.52. The second kappa shape index (κ2) is 7.52. The van der Waals surface area contributed by atoms with Crippen molar-refractivity contribution in [2.24, 2.45) is 0 Å². The SMILES string of the molecule is O=C(CCc1ncc(-c2ccccc2)o1)N1CCC[C@H]1c1ccncc1. The van der Waals surface area contributed by atoms with Gasteiger partial charge in [-0.1, -0.05) is 30.3 Å². The lowest BCUT2D eigenvalue weighted by Gasteiger charge is -2.24. The van der Waals surface area contributed by atoms with Crippen LogP contribution in [-0.2, 0) is 11.2 Å². The zero-order valence-electron chi connectivity index (χ0n) is 14.5. The second-order valence-electron chi connectivity index (χ2n) is 6.51. The Morgan fingerprint density at radius 3 is 2.77 bits per heavy atom. The number of carbonyl (C=O) groups is 1. The summed E-state index contributed by atoms with van der Waals surface area (Å²) in [7, 11) is 0. The highest BCUT2D eigenvalue weighted by molar-refractivity contribution is 5.77. The van der Waals surface area contributed by atoms with Gasteiger partial charge in [-0.05, 0) is 30.5 Å². The van der Waals surface area contributed by atoms with Gasteiger partial charge in [-0.25, -0.2) is 4.98 Å². The first kappa shape index (κ1) is 16.5. The standard InChI is InChI=1S/C21H21N3O2/c25-21(24-14-4-7-18(24)16-10-12-22-13-11-16)9-8-20-23-15-19(26-20)17-5-2-1-3-6-17/h1-3,5-6,10-13,15,18H,4,7-9,14H2/t18-/m0/s1. The van der Waals surface area contributed by atoms with Crippen LogP contribution in [-0.4, -0.2) is 27.3 Å². The minimum Gasteiger partial charge on any atom is -0.441 e. The summed E-state index contributed by atoms with van der Waals surface area (Å²) in [6.45, 7) is 0.812. The third kappa shape index (κ3) is 3.52. The summed E-state index contributed by atoms with van der Waals surface area (Å²) < 4.78 is 5.80. The summed E-state index contributed by atoms with van der Waals surface area (Å²) in [5, 5.41) is 0. The van der Waals surface area contributed by atoms with Crippen LogP contribution in [0, 0.1) is 0 Å². The molecule has 4 rings (SSSR count). The normalized spacial score (nSPS) is 16.8. The molecule has 0 saturated carbocycles. The van der Waals surface area contributed by atoms with Crippen molar-refractivity contribution in [2.75, 3.05) is 6.54 Å². The Hall–Kier alpha value is -2.95. The van der Waals surface area contributed by atoms with Crippen molar-refractivity contribution in [3.8, 4) is 11.3 Å². The molecule has 132 valence electrons. The number of rotatable bonds is 5. The van der Waals surface area contributed by atoms with Gasteiger partial charge in [-0.15, -0.1) is 0 Å². The molecule has 0 bridgehead atoms. The lowest BCUT2D eigenvalue weighted by molar-refractivity contribution is -0.132. The van der Waals surface area contributed by atoms with Gasteiger partial charge in [-0.3, -0.25) is 9.78 Å². The van der Waals surface area contributed by atoms with Crippen LogP contribution in [0.3, 0.4) is 0 Å². The minimum absolute atomic E-state index is 0.156. The third-order valence-corrected chi connectivity index (χ3v) is 4.83. The third-order valence-electron chi connectivity index (χ3n) is 4.83. The number of aromatic nitrogens is 2. The number of carbonyl (C=O) groups excluding carboxylic acids is 1. The molecule has 1 atom stereocenters. The Bertz CT molecular complexity index is 861. The molecule has 0 radical (unpaired) electrons. The van der Waals surface area contributed by atoms with Crippen molar-refractivity contribution >= 4 is 5.91 Å². The molecule has 0 aliphatic carbocycles. The summed E-state index contributed by atoms with van der Waals surface area (Å²) in [6.07, 6.45) is 8.28. The van der Waals surface area contributed by atoms with Crippen LogP contribution in [0.1, 0.15) is 36.8 Å². The van der Waals surface area contributed by atoms with Gasteiger partial charge < -0.3 is 9.32 Å². The van der Waals surface area contributed by atoms with Gasteiger partial charge in [0, 0.05) is 37.3 Å². The van der Waals surface area contributed by atoms with Gasteiger partial charge in [-0.2, -0.15) is 0 Å². The number of aryl methyl sites for hydroxylation is 1. The Morgan fingerprint density at radius 2 is 1.96 bits per heavy atom. The first-order valence-electron chi connectivity index (χ1n) is 9.01. The highest BCUT2D eigenvalue weighted by atomic mass is 16.4. The number of hydrogen-bond donors (Lipinski definition) is 0. The van der Waals surface area contributed by atoms with E-state index < -0.39 is 0 Å². The van der Waals surface area contributed by atoms with Gasteiger partial charge >= 0.3 is 0 Å². The van der Waals surface area contributed by atoms with E-state index in [0.29, 0.717) is 18.7 Å². The number of likely N-dealkylation sites (tertiary alicyclic amines) is 1. The largest absolute Gasteiger partial charge is 0.441 e.